The third-order valence-electron chi connectivity index (χ3n) is 1.80. The molecule has 0 unspecified atom stereocenters. The monoisotopic (exact) mass is 277 g/mol. The highest BCUT2D eigenvalue weighted by atomic mass is 127. The van der Waals surface area contributed by atoms with Crippen LogP contribution >= 0.6 is 22.6 Å². The second-order valence-corrected chi connectivity index (χ2v) is 3.82. The molecule has 3 heteroatoms. The smallest absolute Gasteiger partial charge is 0.0626 e. The van der Waals surface area contributed by atoms with Crippen LogP contribution in [-0.2, 0) is 0 Å². The van der Waals surface area contributed by atoms with E-state index in [2.05, 4.69) is 27.9 Å². The van der Waals surface area contributed by atoms with Crippen molar-refractivity contribution < 1.29 is 5.11 Å². The SMILES string of the molecule is CN[C@H](CO)c1ccc(I)cc1. The second-order valence-electron chi connectivity index (χ2n) is 2.58. The predicted octanol–water partition coefficient (Wildman–Crippen LogP) is 1.54. The van der Waals surface area contributed by atoms with Crippen molar-refractivity contribution in [1.82, 2.24) is 5.32 Å². The summed E-state index contributed by atoms with van der Waals surface area (Å²) >= 11 is 2.26. The van der Waals surface area contributed by atoms with E-state index in [9.17, 15) is 0 Å². The van der Waals surface area contributed by atoms with E-state index >= 15 is 0 Å². The van der Waals surface area contributed by atoms with Crippen LogP contribution in [0.15, 0.2) is 24.3 Å². The van der Waals surface area contributed by atoms with Gasteiger partial charge in [-0.2, -0.15) is 0 Å². The lowest BCUT2D eigenvalue weighted by molar-refractivity contribution is 0.251. The van der Waals surface area contributed by atoms with Gasteiger partial charge >= 0.3 is 0 Å². The van der Waals surface area contributed by atoms with E-state index in [-0.39, 0.29) is 12.6 Å². The molecule has 0 aromatic heterocycles. The molecule has 0 heterocycles. The summed E-state index contributed by atoms with van der Waals surface area (Å²) < 4.78 is 1.21. The maximum absolute atomic E-state index is 8.98. The molecule has 0 spiro atoms. The molecule has 0 aliphatic heterocycles. The Balaban J connectivity index is 2.80. The Bertz CT molecular complexity index is 231. The molecule has 2 nitrogen and oxygen atoms in total. The first kappa shape index (κ1) is 9.95. The van der Waals surface area contributed by atoms with Crippen LogP contribution in [0.4, 0.5) is 0 Å². The van der Waals surface area contributed by atoms with Crippen LogP contribution in [0.25, 0.3) is 0 Å². The van der Waals surface area contributed by atoms with E-state index in [4.69, 9.17) is 5.11 Å². The van der Waals surface area contributed by atoms with Crippen molar-refractivity contribution in [2.24, 2.45) is 0 Å². The fourth-order valence-corrected chi connectivity index (χ4v) is 1.42. The van der Waals surface area contributed by atoms with Crippen LogP contribution in [0.5, 0.6) is 0 Å². The average molecular weight is 277 g/mol. The van der Waals surface area contributed by atoms with E-state index in [0.717, 1.165) is 5.56 Å². The topological polar surface area (TPSA) is 32.3 Å². The van der Waals surface area contributed by atoms with Gasteiger partial charge in [-0.15, -0.1) is 0 Å². The summed E-state index contributed by atoms with van der Waals surface area (Å²) in [6, 6.07) is 8.19. The molecule has 0 amide bonds. The maximum Gasteiger partial charge on any atom is 0.0626 e. The van der Waals surface area contributed by atoms with Crippen LogP contribution in [0.1, 0.15) is 11.6 Å². The molecule has 0 aliphatic carbocycles. The highest BCUT2D eigenvalue weighted by Gasteiger charge is 2.05. The number of rotatable bonds is 3. The fraction of sp³-hybridized carbons (Fsp3) is 0.333. The van der Waals surface area contributed by atoms with Gasteiger partial charge in [0.05, 0.1) is 12.6 Å². The number of hydrogen-bond donors (Lipinski definition) is 2. The molecule has 0 saturated carbocycles. The Labute approximate surface area is 86.1 Å². The van der Waals surface area contributed by atoms with Crippen molar-refractivity contribution in [2.75, 3.05) is 13.7 Å². The average Bonchev–Trinajstić information content (AvgIpc) is 2.10. The minimum atomic E-state index is 0.0574. The third-order valence-corrected chi connectivity index (χ3v) is 2.52. The molecule has 12 heavy (non-hydrogen) atoms. The Hall–Kier alpha value is -0.130. The summed E-state index contributed by atoms with van der Waals surface area (Å²) in [6.45, 7) is 0.136. The van der Waals surface area contributed by atoms with Crippen molar-refractivity contribution >= 4 is 22.6 Å². The molecule has 0 saturated heterocycles. The summed E-state index contributed by atoms with van der Waals surface area (Å²) in [4.78, 5) is 0. The van der Waals surface area contributed by atoms with Crippen LogP contribution in [0.3, 0.4) is 0 Å². The Morgan fingerprint density at radius 2 is 2.00 bits per heavy atom. The third kappa shape index (κ3) is 2.43. The minimum absolute atomic E-state index is 0.0574. The van der Waals surface area contributed by atoms with Crippen molar-refractivity contribution in [3.63, 3.8) is 0 Å². The second kappa shape index (κ2) is 4.79. The van der Waals surface area contributed by atoms with Crippen molar-refractivity contribution in [2.45, 2.75) is 6.04 Å². The summed E-state index contributed by atoms with van der Waals surface area (Å²) in [5.41, 5.74) is 1.13. The lowest BCUT2D eigenvalue weighted by Crippen LogP contribution is -2.19. The highest BCUT2D eigenvalue weighted by Crippen LogP contribution is 2.13. The normalized spacial score (nSPS) is 12.9. The van der Waals surface area contributed by atoms with E-state index in [1.807, 2.05) is 31.3 Å². The summed E-state index contributed by atoms with van der Waals surface area (Å²) in [5.74, 6) is 0. The van der Waals surface area contributed by atoms with E-state index in [0.29, 0.717) is 0 Å². The molecule has 1 rings (SSSR count). The van der Waals surface area contributed by atoms with Gasteiger partial charge in [0.2, 0.25) is 0 Å². The number of benzene rings is 1. The van der Waals surface area contributed by atoms with Gasteiger partial charge in [0, 0.05) is 3.57 Å². The Morgan fingerprint density at radius 1 is 1.42 bits per heavy atom. The van der Waals surface area contributed by atoms with Gasteiger partial charge in [-0.3, -0.25) is 0 Å². The van der Waals surface area contributed by atoms with Crippen molar-refractivity contribution in [3.05, 3.63) is 33.4 Å². The molecular formula is C9H12INO. The van der Waals surface area contributed by atoms with Gasteiger partial charge in [-0.05, 0) is 47.3 Å². The summed E-state index contributed by atoms with van der Waals surface area (Å²) in [5, 5.41) is 12.0. The molecule has 66 valence electrons. The minimum Gasteiger partial charge on any atom is -0.394 e. The van der Waals surface area contributed by atoms with Gasteiger partial charge in [0.25, 0.3) is 0 Å². The number of likely N-dealkylation sites (N-methyl/N-ethyl adjacent to an activating group) is 1. The standard InChI is InChI=1S/C9H12INO/c1-11-9(6-12)7-2-4-8(10)5-3-7/h2-5,9,11-12H,6H2,1H3/t9-/m1/s1. The quantitative estimate of drug-likeness (QED) is 0.821. The largest absolute Gasteiger partial charge is 0.394 e. The van der Waals surface area contributed by atoms with E-state index in [1.54, 1.807) is 0 Å². The maximum atomic E-state index is 8.98. The molecule has 0 radical (unpaired) electrons. The van der Waals surface area contributed by atoms with Crippen LogP contribution in [0, 0.1) is 3.57 Å². The molecule has 1 atom stereocenters. The van der Waals surface area contributed by atoms with Gasteiger partial charge in [-0.25, -0.2) is 0 Å². The first-order valence-corrected chi connectivity index (χ1v) is 4.89. The predicted molar refractivity (Wildman–Crippen MR) is 58.0 cm³/mol. The Kier molecular flexibility index (Phi) is 3.97. The summed E-state index contributed by atoms with van der Waals surface area (Å²) in [6.07, 6.45) is 0. The van der Waals surface area contributed by atoms with E-state index < -0.39 is 0 Å². The molecule has 0 aliphatic rings. The zero-order valence-corrected chi connectivity index (χ0v) is 9.08. The van der Waals surface area contributed by atoms with Gasteiger partial charge < -0.3 is 10.4 Å². The van der Waals surface area contributed by atoms with Gasteiger partial charge in [0.15, 0.2) is 0 Å². The number of hydrogen-bond acceptors (Lipinski definition) is 2. The van der Waals surface area contributed by atoms with Crippen molar-refractivity contribution in [3.8, 4) is 0 Å². The lowest BCUT2D eigenvalue weighted by Gasteiger charge is -2.12. The summed E-state index contributed by atoms with van der Waals surface area (Å²) in [7, 11) is 1.85. The zero-order valence-electron chi connectivity index (χ0n) is 6.92. The van der Waals surface area contributed by atoms with Gasteiger partial charge in [0.1, 0.15) is 0 Å². The molecule has 0 bridgehead atoms. The molecule has 1 aromatic carbocycles. The van der Waals surface area contributed by atoms with Crippen LogP contribution in [0.2, 0.25) is 0 Å². The number of halogens is 1. The van der Waals surface area contributed by atoms with Crippen molar-refractivity contribution in [1.29, 1.82) is 0 Å². The fourth-order valence-electron chi connectivity index (χ4n) is 1.06. The van der Waals surface area contributed by atoms with Crippen LogP contribution in [-0.4, -0.2) is 18.8 Å². The lowest BCUT2D eigenvalue weighted by atomic mass is 10.1. The van der Waals surface area contributed by atoms with Gasteiger partial charge in [-0.1, -0.05) is 12.1 Å². The molecular weight excluding hydrogens is 265 g/mol. The first-order valence-electron chi connectivity index (χ1n) is 3.81. The first-order chi connectivity index (χ1) is 5.77. The Morgan fingerprint density at radius 3 is 2.42 bits per heavy atom. The number of nitrogens with one attached hydrogen (secondary N) is 1. The van der Waals surface area contributed by atoms with E-state index in [1.165, 1.54) is 3.57 Å². The zero-order chi connectivity index (χ0) is 8.97. The molecule has 0 fully saturated rings. The number of aliphatic hydroxyl groups is 1. The highest BCUT2D eigenvalue weighted by molar-refractivity contribution is 14.1. The molecule has 1 aromatic rings. The number of aliphatic hydroxyl groups excluding tert-OH is 1. The molecule has 2 N–H and O–H groups in total. The van der Waals surface area contributed by atoms with Crippen LogP contribution < -0.4 is 5.32 Å².